The first kappa shape index (κ1) is 16.8. The molecule has 0 fully saturated rings. The lowest BCUT2D eigenvalue weighted by atomic mass is 10.2. The number of nitrogens with one attached hydrogen (secondary N) is 1. The van der Waals surface area contributed by atoms with Crippen molar-refractivity contribution in [3.8, 4) is 0 Å². The summed E-state index contributed by atoms with van der Waals surface area (Å²) in [5.41, 5.74) is 0.814. The maximum absolute atomic E-state index is 13.5. The van der Waals surface area contributed by atoms with E-state index in [1.165, 1.54) is 30.0 Å². The second kappa shape index (κ2) is 8.15. The van der Waals surface area contributed by atoms with Crippen molar-refractivity contribution >= 4 is 29.3 Å². The van der Waals surface area contributed by atoms with Gasteiger partial charge in [-0.15, -0.1) is 11.8 Å². The molecule has 0 aliphatic rings. The Labute approximate surface area is 136 Å². The lowest BCUT2D eigenvalue weighted by Gasteiger charge is -2.07. The van der Waals surface area contributed by atoms with Gasteiger partial charge in [0, 0.05) is 28.4 Å². The summed E-state index contributed by atoms with van der Waals surface area (Å²) in [5, 5.41) is 2.98. The van der Waals surface area contributed by atoms with Crippen LogP contribution in [0.4, 0.5) is 8.78 Å². The van der Waals surface area contributed by atoms with Crippen LogP contribution in [0.25, 0.3) is 0 Å². The Morgan fingerprint density at radius 2 is 1.82 bits per heavy atom. The number of halogens is 3. The highest BCUT2D eigenvalue weighted by atomic mass is 35.5. The van der Waals surface area contributed by atoms with Gasteiger partial charge in [-0.3, -0.25) is 4.79 Å². The molecule has 0 atom stereocenters. The summed E-state index contributed by atoms with van der Waals surface area (Å²) in [6.45, 7) is 0.131. The summed E-state index contributed by atoms with van der Waals surface area (Å²) in [4.78, 5) is 11.7. The van der Waals surface area contributed by atoms with Crippen LogP contribution in [0, 0.1) is 11.6 Å². The smallest absolute Gasteiger partial charge is 0.230 e. The van der Waals surface area contributed by atoms with Gasteiger partial charge in [-0.2, -0.15) is 0 Å². The SMILES string of the molecule is O=C(CSCc1c(F)cccc1Cl)NCc1ccccc1F. The maximum Gasteiger partial charge on any atom is 0.230 e. The quantitative estimate of drug-likeness (QED) is 0.854. The first-order valence-corrected chi connectivity index (χ1v) is 8.12. The minimum Gasteiger partial charge on any atom is -0.351 e. The molecular formula is C16H14ClF2NOS. The number of hydrogen-bond acceptors (Lipinski definition) is 2. The average molecular weight is 342 g/mol. The number of benzene rings is 2. The molecule has 2 rings (SSSR count). The lowest BCUT2D eigenvalue weighted by Crippen LogP contribution is -2.25. The third-order valence-corrected chi connectivity index (χ3v) is 4.29. The minimum absolute atomic E-state index is 0.131. The molecule has 2 aromatic rings. The van der Waals surface area contributed by atoms with Crippen molar-refractivity contribution in [2.24, 2.45) is 0 Å². The van der Waals surface area contributed by atoms with E-state index in [2.05, 4.69) is 5.32 Å². The van der Waals surface area contributed by atoms with Crippen LogP contribution in [0.2, 0.25) is 5.02 Å². The number of hydrogen-bond donors (Lipinski definition) is 1. The van der Waals surface area contributed by atoms with Gasteiger partial charge in [-0.05, 0) is 18.2 Å². The lowest BCUT2D eigenvalue weighted by molar-refractivity contribution is -0.118. The molecule has 0 aromatic heterocycles. The number of amides is 1. The van der Waals surface area contributed by atoms with Crippen molar-refractivity contribution in [1.82, 2.24) is 5.32 Å². The van der Waals surface area contributed by atoms with Crippen molar-refractivity contribution < 1.29 is 13.6 Å². The van der Waals surface area contributed by atoms with Gasteiger partial charge in [0.05, 0.1) is 5.75 Å². The molecule has 0 unspecified atom stereocenters. The summed E-state index contributed by atoms with van der Waals surface area (Å²) in [6, 6.07) is 10.7. The Kier molecular flexibility index (Phi) is 6.21. The molecule has 1 amide bonds. The fourth-order valence-corrected chi connectivity index (χ4v) is 3.00. The summed E-state index contributed by atoms with van der Waals surface area (Å²) < 4.78 is 26.9. The molecule has 2 nitrogen and oxygen atoms in total. The van der Waals surface area contributed by atoms with Crippen molar-refractivity contribution in [3.63, 3.8) is 0 Å². The molecule has 6 heteroatoms. The highest BCUT2D eigenvalue weighted by molar-refractivity contribution is 7.99. The normalized spacial score (nSPS) is 10.5. The largest absolute Gasteiger partial charge is 0.351 e. The summed E-state index contributed by atoms with van der Waals surface area (Å²) in [5.74, 6) is -0.515. The van der Waals surface area contributed by atoms with Gasteiger partial charge in [0.2, 0.25) is 5.91 Å². The van der Waals surface area contributed by atoms with Gasteiger partial charge in [0.15, 0.2) is 0 Å². The first-order valence-electron chi connectivity index (χ1n) is 6.58. The predicted octanol–water partition coefficient (Wildman–Crippen LogP) is 4.17. The molecule has 0 saturated heterocycles. The van der Waals surface area contributed by atoms with E-state index in [-0.39, 0.29) is 29.8 Å². The molecule has 0 aliphatic carbocycles. The van der Waals surface area contributed by atoms with E-state index in [4.69, 9.17) is 11.6 Å². The van der Waals surface area contributed by atoms with Gasteiger partial charge in [0.25, 0.3) is 0 Å². The highest BCUT2D eigenvalue weighted by Gasteiger charge is 2.09. The Hall–Kier alpha value is -1.59. The molecule has 0 spiro atoms. The maximum atomic E-state index is 13.5. The van der Waals surface area contributed by atoms with E-state index in [0.29, 0.717) is 21.9 Å². The zero-order valence-electron chi connectivity index (χ0n) is 11.6. The number of carbonyl (C=O) groups is 1. The minimum atomic E-state index is -0.383. The van der Waals surface area contributed by atoms with Gasteiger partial charge in [-0.25, -0.2) is 8.78 Å². The molecule has 1 N–H and O–H groups in total. The average Bonchev–Trinajstić information content (AvgIpc) is 2.49. The standard InChI is InChI=1S/C16H14ClF2NOS/c17-13-5-3-7-15(19)12(13)9-22-10-16(21)20-8-11-4-1-2-6-14(11)18/h1-7H,8-10H2,(H,20,21). The second-order valence-electron chi connectivity index (χ2n) is 4.56. The van der Waals surface area contributed by atoms with Crippen LogP contribution in [0.1, 0.15) is 11.1 Å². The topological polar surface area (TPSA) is 29.1 Å². The number of carbonyl (C=O) groups excluding carboxylic acids is 1. The zero-order valence-corrected chi connectivity index (χ0v) is 13.2. The van der Waals surface area contributed by atoms with Crippen molar-refractivity contribution in [1.29, 1.82) is 0 Å². The van der Waals surface area contributed by atoms with Crippen molar-refractivity contribution in [2.75, 3.05) is 5.75 Å². The monoisotopic (exact) mass is 341 g/mol. The predicted molar refractivity (Wildman–Crippen MR) is 85.8 cm³/mol. The fourth-order valence-electron chi connectivity index (χ4n) is 1.80. The van der Waals surface area contributed by atoms with E-state index < -0.39 is 0 Å². The van der Waals surface area contributed by atoms with Crippen LogP contribution in [0.15, 0.2) is 42.5 Å². The van der Waals surface area contributed by atoms with Gasteiger partial charge < -0.3 is 5.32 Å². The highest BCUT2D eigenvalue weighted by Crippen LogP contribution is 2.23. The molecule has 0 saturated carbocycles. The molecule has 2 aromatic carbocycles. The molecule has 0 bridgehead atoms. The van der Waals surface area contributed by atoms with Crippen molar-refractivity contribution in [3.05, 3.63) is 70.2 Å². The molecular weight excluding hydrogens is 328 g/mol. The molecule has 0 radical (unpaired) electrons. The van der Waals surface area contributed by atoms with E-state index >= 15 is 0 Å². The summed E-state index contributed by atoms with van der Waals surface area (Å²) in [6.07, 6.45) is 0. The Balaban J connectivity index is 1.78. The van der Waals surface area contributed by atoms with Crippen LogP contribution < -0.4 is 5.32 Å². The number of thioether (sulfide) groups is 1. The number of rotatable bonds is 6. The van der Waals surface area contributed by atoms with Crippen molar-refractivity contribution in [2.45, 2.75) is 12.3 Å². The molecule has 0 aliphatic heterocycles. The van der Waals surface area contributed by atoms with Gasteiger partial charge >= 0.3 is 0 Å². The summed E-state index contributed by atoms with van der Waals surface area (Å²) >= 11 is 7.16. The molecule has 0 heterocycles. The van der Waals surface area contributed by atoms with Crippen LogP contribution in [0.3, 0.4) is 0 Å². The van der Waals surface area contributed by atoms with Gasteiger partial charge in [-0.1, -0.05) is 35.9 Å². The Morgan fingerprint density at radius 1 is 1.09 bits per heavy atom. The first-order chi connectivity index (χ1) is 10.6. The van der Waals surface area contributed by atoms with Crippen LogP contribution in [-0.2, 0) is 17.1 Å². The van der Waals surface area contributed by atoms with E-state index in [1.807, 2.05) is 0 Å². The third kappa shape index (κ3) is 4.71. The fraction of sp³-hybridized carbons (Fsp3) is 0.188. The zero-order chi connectivity index (χ0) is 15.9. The van der Waals surface area contributed by atoms with Crippen LogP contribution in [0.5, 0.6) is 0 Å². The molecule has 116 valence electrons. The second-order valence-corrected chi connectivity index (χ2v) is 5.95. The Bertz CT molecular complexity index is 646. The Morgan fingerprint density at radius 3 is 2.55 bits per heavy atom. The van der Waals surface area contributed by atoms with E-state index in [9.17, 15) is 13.6 Å². The van der Waals surface area contributed by atoms with E-state index in [1.54, 1.807) is 24.3 Å². The van der Waals surface area contributed by atoms with E-state index in [0.717, 1.165) is 0 Å². The van der Waals surface area contributed by atoms with Gasteiger partial charge in [0.1, 0.15) is 11.6 Å². The van der Waals surface area contributed by atoms with Crippen LogP contribution in [-0.4, -0.2) is 11.7 Å². The summed E-state index contributed by atoms with van der Waals surface area (Å²) in [7, 11) is 0. The third-order valence-electron chi connectivity index (χ3n) is 2.98. The van der Waals surface area contributed by atoms with Crippen LogP contribution >= 0.6 is 23.4 Å². The molecule has 22 heavy (non-hydrogen) atoms.